The Hall–Kier alpha value is -1.12. The first-order valence-electron chi connectivity index (χ1n) is 7.65. The molecule has 0 saturated heterocycles. The van der Waals surface area contributed by atoms with Crippen LogP contribution in [0.5, 0.6) is 0 Å². The summed E-state index contributed by atoms with van der Waals surface area (Å²) in [6.07, 6.45) is 10.4. The zero-order valence-corrected chi connectivity index (χ0v) is 15.0. The van der Waals surface area contributed by atoms with Gasteiger partial charge in [0.25, 0.3) is 0 Å². The van der Waals surface area contributed by atoms with Crippen LogP contribution < -0.4 is 0 Å². The van der Waals surface area contributed by atoms with Crippen molar-refractivity contribution >= 4 is 13.1 Å². The molecule has 0 amide bonds. The Balaban J connectivity index is 4.09. The Labute approximate surface area is 134 Å². The van der Waals surface area contributed by atoms with E-state index in [1.807, 2.05) is 13.0 Å². The highest BCUT2D eigenvalue weighted by molar-refractivity contribution is 7.74. The van der Waals surface area contributed by atoms with Gasteiger partial charge in [-0.05, 0) is 59.8 Å². The first kappa shape index (κ1) is 20.9. The van der Waals surface area contributed by atoms with Crippen molar-refractivity contribution in [1.29, 1.82) is 0 Å². The zero-order valence-electron chi connectivity index (χ0n) is 14.1. The average molecular weight is 328 g/mol. The third kappa shape index (κ3) is 10.6. The molecule has 1 unspecified atom stereocenters. The van der Waals surface area contributed by atoms with Gasteiger partial charge in [-0.1, -0.05) is 34.9 Å². The summed E-state index contributed by atoms with van der Waals surface area (Å²) < 4.78 is 11.3. The topological polar surface area (TPSA) is 74.6 Å². The van der Waals surface area contributed by atoms with E-state index in [0.29, 0.717) is 6.42 Å². The third-order valence-electron chi connectivity index (χ3n) is 3.35. The number of hydrogen-bond acceptors (Lipinski definition) is 2. The number of rotatable bonds is 10. The number of hydrogen-bond donors (Lipinski definition) is 2. The largest absolute Gasteiger partial charge is 0.474 e. The molecular formula is C17H29O4P. The van der Waals surface area contributed by atoms with Crippen LogP contribution in [-0.2, 0) is 4.57 Å². The van der Waals surface area contributed by atoms with E-state index in [1.165, 1.54) is 11.1 Å². The van der Waals surface area contributed by atoms with Crippen LogP contribution in [0.4, 0.5) is 4.79 Å². The minimum absolute atomic E-state index is 0.197. The van der Waals surface area contributed by atoms with Gasteiger partial charge in [0.15, 0.2) is 0 Å². The quantitative estimate of drug-likeness (QED) is 0.396. The average Bonchev–Trinajstić information content (AvgIpc) is 2.37. The molecule has 0 aliphatic heterocycles. The lowest BCUT2D eigenvalue weighted by molar-refractivity contribution is 0.215. The van der Waals surface area contributed by atoms with Crippen molar-refractivity contribution in [3.63, 3.8) is 0 Å². The number of carboxylic acid groups (broad SMARTS) is 1. The molecule has 5 heteroatoms. The monoisotopic (exact) mass is 328 g/mol. The van der Waals surface area contributed by atoms with E-state index in [4.69, 9.17) is 5.11 Å². The Kier molecular flexibility index (Phi) is 10.0. The molecule has 0 rings (SSSR count). The van der Waals surface area contributed by atoms with E-state index in [-0.39, 0.29) is 6.16 Å². The van der Waals surface area contributed by atoms with E-state index >= 15 is 0 Å². The fourth-order valence-corrected chi connectivity index (χ4v) is 2.59. The summed E-state index contributed by atoms with van der Waals surface area (Å²) in [5.41, 5.74) is 2.23. The first-order valence-corrected chi connectivity index (χ1v) is 9.49. The predicted molar refractivity (Wildman–Crippen MR) is 92.7 cm³/mol. The van der Waals surface area contributed by atoms with Crippen molar-refractivity contribution in [2.45, 2.75) is 59.8 Å². The summed E-state index contributed by atoms with van der Waals surface area (Å²) in [5, 5.41) is 8.57. The fraction of sp³-hybridized carbons (Fsp3) is 0.588. The van der Waals surface area contributed by atoms with Crippen LogP contribution in [0.25, 0.3) is 0 Å². The van der Waals surface area contributed by atoms with E-state index in [2.05, 4.69) is 32.9 Å². The molecule has 0 aliphatic carbocycles. The second-order valence-corrected chi connectivity index (χ2v) is 8.19. The van der Waals surface area contributed by atoms with E-state index in [1.54, 1.807) is 0 Å². The van der Waals surface area contributed by atoms with Crippen molar-refractivity contribution in [3.8, 4) is 0 Å². The van der Waals surface area contributed by atoms with E-state index < -0.39 is 13.1 Å². The normalized spacial score (nSPS) is 15.3. The maximum atomic E-state index is 11.3. The number of allylic oxidation sites excluding steroid dienone is 6. The van der Waals surface area contributed by atoms with Gasteiger partial charge in [0.2, 0.25) is 0 Å². The zero-order chi connectivity index (χ0) is 17.2. The maximum absolute atomic E-state index is 11.3. The summed E-state index contributed by atoms with van der Waals surface area (Å²) in [6.45, 7) is 8.30. The van der Waals surface area contributed by atoms with Crippen LogP contribution in [-0.4, -0.2) is 21.9 Å². The molecule has 1 atom stereocenters. The number of carbonyl (C=O) groups is 1. The fourth-order valence-electron chi connectivity index (χ4n) is 1.92. The van der Waals surface area contributed by atoms with Gasteiger partial charge in [0.05, 0.1) is 0 Å². The van der Waals surface area contributed by atoms with Crippen LogP contribution in [0.15, 0.2) is 34.9 Å². The SMILES string of the molecule is CC(C)=CCC/C(C)=C/CC/C(C)=C/CCP(=O)(O)C(=O)O. The summed E-state index contributed by atoms with van der Waals surface area (Å²) in [5.74, 6) is 0. The predicted octanol–water partition coefficient (Wildman–Crippen LogP) is 5.74. The second-order valence-electron chi connectivity index (χ2n) is 5.96. The van der Waals surface area contributed by atoms with Crippen LogP contribution in [0.1, 0.15) is 59.8 Å². The lowest BCUT2D eigenvalue weighted by Crippen LogP contribution is -1.98. The van der Waals surface area contributed by atoms with Gasteiger partial charge in [-0.15, -0.1) is 0 Å². The molecule has 0 saturated carbocycles. The minimum Gasteiger partial charge on any atom is -0.474 e. The standard InChI is InChI=1S/C17H29O4P/c1-14(2)8-5-9-15(3)10-6-11-16(4)12-7-13-22(20,21)17(18)19/h8,10,12H,5-7,9,11,13H2,1-4H3,(H,18,19)(H,20,21)/b15-10+,16-12+. The molecule has 0 fully saturated rings. The maximum Gasteiger partial charge on any atom is 0.388 e. The molecule has 126 valence electrons. The van der Waals surface area contributed by atoms with Crippen LogP contribution in [0.2, 0.25) is 0 Å². The molecule has 0 aromatic carbocycles. The molecule has 0 bridgehead atoms. The molecule has 0 spiro atoms. The molecule has 0 aromatic rings. The molecule has 0 aromatic heterocycles. The molecule has 0 radical (unpaired) electrons. The van der Waals surface area contributed by atoms with E-state index in [9.17, 15) is 14.3 Å². The molecule has 0 aliphatic rings. The molecule has 0 heterocycles. The Morgan fingerprint density at radius 3 is 1.82 bits per heavy atom. The minimum atomic E-state index is -4.03. The summed E-state index contributed by atoms with van der Waals surface area (Å²) in [7, 11) is -4.03. The summed E-state index contributed by atoms with van der Waals surface area (Å²) >= 11 is 0. The van der Waals surface area contributed by atoms with E-state index in [0.717, 1.165) is 31.3 Å². The lowest BCUT2D eigenvalue weighted by Gasteiger charge is -2.04. The Morgan fingerprint density at radius 2 is 1.36 bits per heavy atom. The van der Waals surface area contributed by atoms with Gasteiger partial charge in [0.1, 0.15) is 0 Å². The summed E-state index contributed by atoms with van der Waals surface area (Å²) in [4.78, 5) is 19.7. The second kappa shape index (κ2) is 10.6. The highest BCUT2D eigenvalue weighted by atomic mass is 31.2. The molecule has 2 N–H and O–H groups in total. The molecule has 4 nitrogen and oxygen atoms in total. The third-order valence-corrected chi connectivity index (χ3v) is 4.81. The molecule has 22 heavy (non-hydrogen) atoms. The van der Waals surface area contributed by atoms with Gasteiger partial charge < -0.3 is 10.00 Å². The van der Waals surface area contributed by atoms with Crippen molar-refractivity contribution < 1.29 is 19.4 Å². The smallest absolute Gasteiger partial charge is 0.388 e. The van der Waals surface area contributed by atoms with Crippen molar-refractivity contribution in [2.75, 3.05) is 6.16 Å². The highest BCUT2D eigenvalue weighted by Crippen LogP contribution is 2.41. The first-order chi connectivity index (χ1) is 10.1. The van der Waals surface area contributed by atoms with Crippen LogP contribution in [0, 0.1) is 0 Å². The summed E-state index contributed by atoms with van der Waals surface area (Å²) in [6, 6.07) is 0. The van der Waals surface area contributed by atoms with Gasteiger partial charge in [-0.25, -0.2) is 4.79 Å². The van der Waals surface area contributed by atoms with Crippen molar-refractivity contribution in [3.05, 3.63) is 34.9 Å². The van der Waals surface area contributed by atoms with Crippen molar-refractivity contribution in [2.24, 2.45) is 0 Å². The van der Waals surface area contributed by atoms with Gasteiger partial charge in [0, 0.05) is 6.16 Å². The van der Waals surface area contributed by atoms with Crippen LogP contribution in [0.3, 0.4) is 0 Å². The molecular weight excluding hydrogens is 299 g/mol. The Morgan fingerprint density at radius 1 is 0.909 bits per heavy atom. The van der Waals surface area contributed by atoms with Gasteiger partial charge in [-0.2, -0.15) is 0 Å². The lowest BCUT2D eigenvalue weighted by atomic mass is 10.1. The highest BCUT2D eigenvalue weighted by Gasteiger charge is 2.26. The van der Waals surface area contributed by atoms with Gasteiger partial charge in [-0.3, -0.25) is 4.57 Å². The Bertz CT molecular complexity index is 497. The van der Waals surface area contributed by atoms with Gasteiger partial charge >= 0.3 is 13.1 Å². The van der Waals surface area contributed by atoms with Crippen molar-refractivity contribution in [1.82, 2.24) is 0 Å². The van der Waals surface area contributed by atoms with Crippen LogP contribution >= 0.6 is 7.37 Å².